The number of pyridine rings is 1. The molecule has 0 spiro atoms. The molecule has 8 heteroatoms. The molecule has 1 fully saturated rings. The highest BCUT2D eigenvalue weighted by atomic mass is 16.4. The number of hydrogen-bond acceptors (Lipinski definition) is 7. The van der Waals surface area contributed by atoms with Gasteiger partial charge < -0.3 is 21.1 Å². The highest BCUT2D eigenvalue weighted by Gasteiger charge is 2.51. The largest absolute Gasteiger partial charge is 0.481 e. The molecule has 1 aliphatic rings. The number of anilines is 1. The number of aliphatic carboxylic acids is 1. The Bertz CT molecular complexity index is 1230. The van der Waals surface area contributed by atoms with E-state index in [2.05, 4.69) is 39.4 Å². The molecule has 1 saturated carbocycles. The van der Waals surface area contributed by atoms with Crippen LogP contribution in [0.1, 0.15) is 49.6 Å². The number of benzene rings is 1. The van der Waals surface area contributed by atoms with Crippen LogP contribution in [0.2, 0.25) is 0 Å². The van der Waals surface area contributed by atoms with Gasteiger partial charge in [-0.15, -0.1) is 0 Å². The lowest BCUT2D eigenvalue weighted by Gasteiger charge is -2.15. The molecular weight excluding hydrogens is 428 g/mol. The molecule has 2 heterocycles. The molecule has 8 nitrogen and oxygen atoms in total. The van der Waals surface area contributed by atoms with Crippen LogP contribution in [0.5, 0.6) is 0 Å². The number of nitrogens with one attached hydrogen (secondary N) is 3. The van der Waals surface area contributed by atoms with Crippen molar-refractivity contribution >= 4 is 23.6 Å². The molecule has 174 valence electrons. The van der Waals surface area contributed by atoms with E-state index in [1.54, 1.807) is 25.6 Å². The molecule has 3 aromatic rings. The molecular formula is C26H28N6O2. The first-order valence-electron chi connectivity index (χ1n) is 11.2. The quantitative estimate of drug-likeness (QED) is 0.351. The van der Waals surface area contributed by atoms with Gasteiger partial charge in [-0.25, -0.2) is 4.98 Å². The number of carbonyl (C=O) groups is 1. The number of carboxylic acids is 1. The van der Waals surface area contributed by atoms with Crippen molar-refractivity contribution in [2.75, 3.05) is 12.4 Å². The van der Waals surface area contributed by atoms with Gasteiger partial charge in [0.25, 0.3) is 0 Å². The summed E-state index contributed by atoms with van der Waals surface area (Å²) in [4.78, 5) is 25.0. The van der Waals surface area contributed by atoms with Crippen LogP contribution in [0.25, 0.3) is 16.7 Å². The summed E-state index contributed by atoms with van der Waals surface area (Å²) >= 11 is 0. The molecule has 2 aromatic heterocycles. The lowest BCUT2D eigenvalue weighted by Crippen LogP contribution is -2.19. The van der Waals surface area contributed by atoms with Gasteiger partial charge in [-0.2, -0.15) is 0 Å². The fourth-order valence-electron chi connectivity index (χ4n) is 3.84. The number of aromatic nitrogens is 3. The third-order valence-corrected chi connectivity index (χ3v) is 6.13. The van der Waals surface area contributed by atoms with Crippen molar-refractivity contribution < 1.29 is 9.90 Å². The maximum Gasteiger partial charge on any atom is 0.314 e. The van der Waals surface area contributed by atoms with E-state index in [9.17, 15) is 9.90 Å². The fraction of sp³-hybridized carbons (Fsp3) is 0.269. The van der Waals surface area contributed by atoms with E-state index in [0.29, 0.717) is 35.7 Å². The van der Waals surface area contributed by atoms with Crippen molar-refractivity contribution in [2.45, 2.75) is 38.0 Å². The van der Waals surface area contributed by atoms with Gasteiger partial charge in [0, 0.05) is 31.2 Å². The van der Waals surface area contributed by atoms with Crippen molar-refractivity contribution in [3.05, 3.63) is 77.8 Å². The van der Waals surface area contributed by atoms with E-state index in [0.717, 1.165) is 22.4 Å². The molecule has 0 saturated heterocycles. The third kappa shape index (κ3) is 4.52. The van der Waals surface area contributed by atoms with E-state index >= 15 is 0 Å². The van der Waals surface area contributed by atoms with Crippen molar-refractivity contribution in [1.82, 2.24) is 20.3 Å². The summed E-state index contributed by atoms with van der Waals surface area (Å²) in [5.41, 5.74) is 4.09. The van der Waals surface area contributed by atoms with Crippen molar-refractivity contribution in [1.29, 1.82) is 5.41 Å². The first kappa shape index (κ1) is 23.1. The maximum atomic E-state index is 11.6. The van der Waals surface area contributed by atoms with E-state index in [1.807, 2.05) is 36.4 Å². The Morgan fingerprint density at radius 1 is 1.09 bits per heavy atom. The van der Waals surface area contributed by atoms with Crippen LogP contribution in [0, 0.1) is 5.41 Å². The summed E-state index contributed by atoms with van der Waals surface area (Å²) in [6.07, 6.45) is 7.76. The van der Waals surface area contributed by atoms with E-state index in [1.165, 1.54) is 6.21 Å². The predicted molar refractivity (Wildman–Crippen MR) is 133 cm³/mol. The van der Waals surface area contributed by atoms with Gasteiger partial charge >= 0.3 is 5.97 Å². The van der Waals surface area contributed by atoms with Crippen molar-refractivity contribution in [3.8, 4) is 11.1 Å². The van der Waals surface area contributed by atoms with Crippen LogP contribution >= 0.6 is 0 Å². The summed E-state index contributed by atoms with van der Waals surface area (Å²) in [6, 6.07) is 11.5. The van der Waals surface area contributed by atoms with Crippen LogP contribution in [0.3, 0.4) is 0 Å². The van der Waals surface area contributed by atoms with Gasteiger partial charge in [-0.05, 0) is 36.0 Å². The summed E-state index contributed by atoms with van der Waals surface area (Å²) in [6.45, 7) is 4.11. The van der Waals surface area contributed by atoms with Crippen LogP contribution in [0.15, 0.2) is 60.8 Å². The lowest BCUT2D eigenvalue weighted by atomic mass is 9.94. The van der Waals surface area contributed by atoms with Crippen LogP contribution in [-0.2, 0) is 10.2 Å². The number of carboxylic acid groups (broad SMARTS) is 1. The summed E-state index contributed by atoms with van der Waals surface area (Å²) < 4.78 is 0. The fourth-order valence-corrected chi connectivity index (χ4v) is 3.84. The predicted octanol–water partition coefficient (Wildman–Crippen LogP) is 4.43. The number of rotatable bonds is 9. The second kappa shape index (κ2) is 9.43. The minimum Gasteiger partial charge on any atom is -0.481 e. The second-order valence-corrected chi connectivity index (χ2v) is 8.69. The smallest absolute Gasteiger partial charge is 0.314 e. The zero-order chi connectivity index (χ0) is 24.3. The van der Waals surface area contributed by atoms with Crippen LogP contribution in [0.4, 0.5) is 5.82 Å². The zero-order valence-electron chi connectivity index (χ0n) is 19.5. The molecule has 1 aliphatic carbocycles. The van der Waals surface area contributed by atoms with Gasteiger partial charge in [0.2, 0.25) is 0 Å². The minimum atomic E-state index is -0.756. The number of allylic oxidation sites excluding steroid dienone is 1. The SMILES string of the molecule is CN/C(Nc1cncc(C(C)C)n1)=C(\C=N)c1ccc(-c2ccc(C3(C(=O)O)CC3)cc2)cn1. The Kier molecular flexibility index (Phi) is 6.40. The van der Waals surface area contributed by atoms with Gasteiger partial charge in [0.05, 0.1) is 28.6 Å². The zero-order valence-corrected chi connectivity index (χ0v) is 19.5. The number of hydrogen-bond donors (Lipinski definition) is 4. The summed E-state index contributed by atoms with van der Waals surface area (Å²) in [5, 5.41) is 23.8. The monoisotopic (exact) mass is 456 g/mol. The lowest BCUT2D eigenvalue weighted by molar-refractivity contribution is -0.140. The van der Waals surface area contributed by atoms with Gasteiger partial charge in [0.15, 0.2) is 0 Å². The Labute approximate surface area is 198 Å². The first-order chi connectivity index (χ1) is 16.4. The molecule has 0 radical (unpaired) electrons. The molecule has 4 rings (SSSR count). The summed E-state index contributed by atoms with van der Waals surface area (Å²) in [7, 11) is 1.77. The molecule has 4 N–H and O–H groups in total. The highest BCUT2D eigenvalue weighted by Crippen LogP contribution is 2.48. The average molecular weight is 457 g/mol. The third-order valence-electron chi connectivity index (χ3n) is 6.13. The van der Waals surface area contributed by atoms with E-state index < -0.39 is 11.4 Å². The molecule has 0 bridgehead atoms. The molecule has 0 unspecified atom stereocenters. The maximum absolute atomic E-state index is 11.6. The molecule has 1 aromatic carbocycles. The molecule has 0 amide bonds. The second-order valence-electron chi connectivity index (χ2n) is 8.69. The van der Waals surface area contributed by atoms with Crippen LogP contribution < -0.4 is 10.6 Å². The van der Waals surface area contributed by atoms with E-state index in [-0.39, 0.29) is 5.92 Å². The Morgan fingerprint density at radius 2 is 1.79 bits per heavy atom. The molecule has 34 heavy (non-hydrogen) atoms. The Balaban J connectivity index is 1.57. The standard InChI is InChI=1S/C26H28N6O2/c1-16(2)22-14-29-15-23(31-22)32-24(28-3)20(12-27)21-9-6-18(13-30-21)17-4-7-19(8-5-17)26(10-11-26)25(33)34/h4-9,12-16,27-28H,10-11H2,1-3H3,(H,31,32)(H,33,34)/b24-20-,27-12?. The normalized spacial score (nSPS) is 14.8. The van der Waals surface area contributed by atoms with Crippen LogP contribution in [-0.4, -0.2) is 39.3 Å². The first-order valence-corrected chi connectivity index (χ1v) is 11.2. The average Bonchev–Trinajstić information content (AvgIpc) is 3.67. The minimum absolute atomic E-state index is 0.251. The van der Waals surface area contributed by atoms with Gasteiger partial charge in [-0.3, -0.25) is 14.8 Å². The summed E-state index contributed by atoms with van der Waals surface area (Å²) in [5.74, 6) is 0.674. The topological polar surface area (TPSA) is 124 Å². The van der Waals surface area contributed by atoms with Crippen molar-refractivity contribution in [3.63, 3.8) is 0 Å². The Hall–Kier alpha value is -4.07. The van der Waals surface area contributed by atoms with Gasteiger partial charge in [0.1, 0.15) is 11.6 Å². The van der Waals surface area contributed by atoms with Gasteiger partial charge in [-0.1, -0.05) is 44.2 Å². The van der Waals surface area contributed by atoms with E-state index in [4.69, 9.17) is 5.41 Å². The number of nitrogens with zero attached hydrogens (tertiary/aromatic N) is 3. The highest BCUT2D eigenvalue weighted by molar-refractivity contribution is 6.09. The molecule has 0 aliphatic heterocycles. The Morgan fingerprint density at radius 3 is 2.32 bits per heavy atom. The molecule has 0 atom stereocenters. The van der Waals surface area contributed by atoms with Crippen molar-refractivity contribution in [2.24, 2.45) is 0 Å².